The Labute approximate surface area is 117 Å². The van der Waals surface area contributed by atoms with Crippen molar-refractivity contribution in [3.8, 4) is 0 Å². The number of carbonyl (C=O) groups is 2. The molecule has 20 heavy (non-hydrogen) atoms. The number of halogens is 1. The van der Waals surface area contributed by atoms with Crippen molar-refractivity contribution in [2.75, 3.05) is 5.32 Å². The van der Waals surface area contributed by atoms with Crippen molar-refractivity contribution in [1.29, 1.82) is 0 Å². The smallest absolute Gasteiger partial charge is 0.338 e. The number of carboxylic acids is 1. The number of nitrogens with one attached hydrogen (secondary N) is 1. The zero-order valence-electron chi connectivity index (χ0n) is 11.4. The second-order valence-electron chi connectivity index (χ2n) is 5.58. The standard InChI is InChI=1S/C15H18FNO3/c1-15(7-3-2-4-8-15)14(20)17-10-5-6-11(13(18)19)12(16)9-10/h5-6,9H,2-4,7-8H2,1H3,(H,17,20)(H,18,19). The molecule has 5 heteroatoms. The van der Waals surface area contributed by atoms with E-state index in [9.17, 15) is 14.0 Å². The zero-order valence-corrected chi connectivity index (χ0v) is 11.4. The molecule has 1 amide bonds. The molecule has 1 aliphatic rings. The van der Waals surface area contributed by atoms with Crippen molar-refractivity contribution in [3.63, 3.8) is 0 Å². The normalized spacial score (nSPS) is 17.5. The minimum absolute atomic E-state index is 0.125. The van der Waals surface area contributed by atoms with Crippen molar-refractivity contribution < 1.29 is 19.1 Å². The number of anilines is 1. The molecule has 1 aliphatic carbocycles. The fourth-order valence-corrected chi connectivity index (χ4v) is 2.61. The summed E-state index contributed by atoms with van der Waals surface area (Å²) in [5.74, 6) is -2.29. The maximum absolute atomic E-state index is 13.6. The SMILES string of the molecule is CC1(C(=O)Nc2ccc(C(=O)O)c(F)c2)CCCCC1. The third kappa shape index (κ3) is 2.98. The van der Waals surface area contributed by atoms with Crippen LogP contribution in [0.3, 0.4) is 0 Å². The first-order valence-electron chi connectivity index (χ1n) is 6.77. The lowest BCUT2D eigenvalue weighted by atomic mass is 9.75. The van der Waals surface area contributed by atoms with Gasteiger partial charge in [-0.05, 0) is 31.0 Å². The van der Waals surface area contributed by atoms with Crippen LogP contribution in [0.2, 0.25) is 0 Å². The molecule has 2 N–H and O–H groups in total. The largest absolute Gasteiger partial charge is 0.478 e. The molecule has 0 heterocycles. The van der Waals surface area contributed by atoms with Crippen LogP contribution in [-0.4, -0.2) is 17.0 Å². The van der Waals surface area contributed by atoms with Gasteiger partial charge < -0.3 is 10.4 Å². The number of carbonyl (C=O) groups excluding carboxylic acids is 1. The highest BCUT2D eigenvalue weighted by Gasteiger charge is 2.34. The summed E-state index contributed by atoms with van der Waals surface area (Å²) in [5.41, 5.74) is -0.517. The Kier molecular flexibility index (Phi) is 4.06. The third-order valence-corrected chi connectivity index (χ3v) is 3.96. The Morgan fingerprint density at radius 1 is 1.25 bits per heavy atom. The summed E-state index contributed by atoms with van der Waals surface area (Å²) in [6, 6.07) is 3.63. The van der Waals surface area contributed by atoms with E-state index in [1.807, 2.05) is 6.92 Å². The van der Waals surface area contributed by atoms with Gasteiger partial charge in [-0.3, -0.25) is 4.79 Å². The molecule has 0 aliphatic heterocycles. The highest BCUT2D eigenvalue weighted by molar-refractivity contribution is 5.96. The Balaban J connectivity index is 2.12. The number of rotatable bonds is 3. The van der Waals surface area contributed by atoms with Gasteiger partial charge in [0.25, 0.3) is 0 Å². The van der Waals surface area contributed by atoms with E-state index in [0.29, 0.717) is 5.69 Å². The Morgan fingerprint density at radius 3 is 2.45 bits per heavy atom. The predicted molar refractivity (Wildman–Crippen MR) is 73.2 cm³/mol. The molecule has 1 aromatic carbocycles. The zero-order chi connectivity index (χ0) is 14.8. The van der Waals surface area contributed by atoms with E-state index in [0.717, 1.165) is 44.2 Å². The lowest BCUT2D eigenvalue weighted by molar-refractivity contribution is -0.126. The van der Waals surface area contributed by atoms with Crippen molar-refractivity contribution in [2.45, 2.75) is 39.0 Å². The van der Waals surface area contributed by atoms with E-state index in [1.54, 1.807) is 0 Å². The van der Waals surface area contributed by atoms with E-state index in [4.69, 9.17) is 5.11 Å². The quantitative estimate of drug-likeness (QED) is 0.890. The van der Waals surface area contributed by atoms with Crippen LogP contribution in [-0.2, 0) is 4.79 Å². The molecule has 2 rings (SSSR count). The van der Waals surface area contributed by atoms with Gasteiger partial charge in [0.15, 0.2) is 0 Å². The molecule has 0 aromatic heterocycles. The molecule has 108 valence electrons. The molecule has 0 saturated heterocycles. The summed E-state index contributed by atoms with van der Waals surface area (Å²) in [6.07, 6.45) is 4.85. The summed E-state index contributed by atoms with van der Waals surface area (Å²) in [7, 11) is 0. The Hall–Kier alpha value is -1.91. The van der Waals surface area contributed by atoms with Gasteiger partial charge in [0, 0.05) is 11.1 Å². The first kappa shape index (κ1) is 14.5. The molecular formula is C15H18FNO3. The molecule has 0 atom stereocenters. The second kappa shape index (κ2) is 5.61. The molecule has 0 unspecified atom stereocenters. The summed E-state index contributed by atoms with van der Waals surface area (Å²) in [5, 5.41) is 11.4. The van der Waals surface area contributed by atoms with E-state index >= 15 is 0 Å². The molecular weight excluding hydrogens is 261 g/mol. The molecule has 1 aromatic rings. The van der Waals surface area contributed by atoms with Crippen LogP contribution < -0.4 is 5.32 Å². The number of aromatic carboxylic acids is 1. The molecule has 1 saturated carbocycles. The highest BCUT2D eigenvalue weighted by atomic mass is 19.1. The van der Waals surface area contributed by atoms with E-state index in [1.165, 1.54) is 6.07 Å². The maximum Gasteiger partial charge on any atom is 0.338 e. The van der Waals surface area contributed by atoms with Crippen LogP contribution >= 0.6 is 0 Å². The number of benzene rings is 1. The van der Waals surface area contributed by atoms with Crippen LogP contribution in [0.25, 0.3) is 0 Å². The van der Waals surface area contributed by atoms with Crippen molar-refractivity contribution >= 4 is 17.6 Å². The first-order chi connectivity index (χ1) is 9.42. The van der Waals surface area contributed by atoms with Crippen molar-refractivity contribution in [1.82, 2.24) is 0 Å². The van der Waals surface area contributed by atoms with Gasteiger partial charge in [-0.15, -0.1) is 0 Å². The van der Waals surface area contributed by atoms with E-state index in [-0.39, 0.29) is 5.91 Å². The molecule has 0 spiro atoms. The van der Waals surface area contributed by atoms with Gasteiger partial charge in [-0.2, -0.15) is 0 Å². The van der Waals surface area contributed by atoms with Crippen LogP contribution in [0.5, 0.6) is 0 Å². The molecule has 1 fully saturated rings. The minimum Gasteiger partial charge on any atom is -0.478 e. The van der Waals surface area contributed by atoms with Crippen LogP contribution in [0.1, 0.15) is 49.4 Å². The average molecular weight is 279 g/mol. The van der Waals surface area contributed by atoms with Crippen molar-refractivity contribution in [2.24, 2.45) is 5.41 Å². The summed E-state index contributed by atoms with van der Waals surface area (Å²) < 4.78 is 13.6. The van der Waals surface area contributed by atoms with E-state index in [2.05, 4.69) is 5.32 Å². The Morgan fingerprint density at radius 2 is 1.90 bits per heavy atom. The van der Waals surface area contributed by atoms with Gasteiger partial charge >= 0.3 is 5.97 Å². The summed E-state index contributed by atoms with van der Waals surface area (Å²) in [4.78, 5) is 23.0. The minimum atomic E-state index is -1.32. The topological polar surface area (TPSA) is 66.4 Å². The number of carboxylic acid groups (broad SMARTS) is 1. The van der Waals surface area contributed by atoms with Gasteiger partial charge in [-0.1, -0.05) is 26.2 Å². The maximum atomic E-state index is 13.6. The lowest BCUT2D eigenvalue weighted by Gasteiger charge is -2.32. The van der Waals surface area contributed by atoms with Gasteiger partial charge in [0.2, 0.25) is 5.91 Å². The van der Waals surface area contributed by atoms with Crippen molar-refractivity contribution in [3.05, 3.63) is 29.6 Å². The van der Waals surface area contributed by atoms with Crippen LogP contribution in [0.4, 0.5) is 10.1 Å². The van der Waals surface area contributed by atoms with Crippen LogP contribution in [0, 0.1) is 11.2 Å². The molecule has 4 nitrogen and oxygen atoms in total. The average Bonchev–Trinajstić information content (AvgIpc) is 2.39. The molecule has 0 bridgehead atoms. The van der Waals surface area contributed by atoms with Gasteiger partial charge in [0.05, 0.1) is 5.56 Å². The Bertz CT molecular complexity index is 536. The molecule has 0 radical (unpaired) electrons. The number of hydrogen-bond donors (Lipinski definition) is 2. The fourth-order valence-electron chi connectivity index (χ4n) is 2.61. The second-order valence-corrected chi connectivity index (χ2v) is 5.58. The highest BCUT2D eigenvalue weighted by Crippen LogP contribution is 2.36. The van der Waals surface area contributed by atoms with Crippen LogP contribution in [0.15, 0.2) is 18.2 Å². The number of amides is 1. The fraction of sp³-hybridized carbons (Fsp3) is 0.467. The third-order valence-electron chi connectivity index (χ3n) is 3.96. The first-order valence-corrected chi connectivity index (χ1v) is 6.77. The van der Waals surface area contributed by atoms with E-state index < -0.39 is 22.8 Å². The number of hydrogen-bond acceptors (Lipinski definition) is 2. The summed E-state index contributed by atoms with van der Waals surface area (Å²) in [6.45, 7) is 1.92. The van der Waals surface area contributed by atoms with Gasteiger partial charge in [0.1, 0.15) is 5.82 Å². The predicted octanol–water partition coefficient (Wildman–Crippen LogP) is 3.43. The summed E-state index contributed by atoms with van der Waals surface area (Å²) >= 11 is 0. The van der Waals surface area contributed by atoms with Gasteiger partial charge in [-0.25, -0.2) is 9.18 Å². The monoisotopic (exact) mass is 279 g/mol. The lowest BCUT2D eigenvalue weighted by Crippen LogP contribution is -2.35.